The van der Waals surface area contributed by atoms with Gasteiger partial charge < -0.3 is 0 Å². The zero-order valence-electron chi connectivity index (χ0n) is 16.6. The van der Waals surface area contributed by atoms with Crippen molar-refractivity contribution in [3.8, 4) is 0 Å². The zero-order valence-corrected chi connectivity index (χ0v) is 19.5. The van der Waals surface area contributed by atoms with E-state index in [1.807, 2.05) is 0 Å². The van der Waals surface area contributed by atoms with E-state index in [0.717, 1.165) is 6.42 Å². The molecule has 1 aliphatic carbocycles. The number of hydrogen-bond donors (Lipinski definition) is 1. The van der Waals surface area contributed by atoms with Crippen LogP contribution in [0.3, 0.4) is 0 Å². The zero-order chi connectivity index (χ0) is 17.7. The Morgan fingerprint density at radius 2 is 1.62 bits per heavy atom. The summed E-state index contributed by atoms with van der Waals surface area (Å²) in [5, 5.41) is 10.5. The molecule has 0 amide bonds. The Morgan fingerprint density at radius 1 is 1.04 bits per heavy atom. The SMILES string of the molecule is CCC[CH2][Sn]([CH2]/C=C/C(O)C1C=CCCC1)([CH2]CCC)[CH2]CCC. The molecule has 2 heteroatoms. The van der Waals surface area contributed by atoms with E-state index in [0.29, 0.717) is 5.92 Å². The van der Waals surface area contributed by atoms with Crippen LogP contribution in [0, 0.1) is 5.92 Å². The summed E-state index contributed by atoms with van der Waals surface area (Å²) in [7, 11) is 0. The molecule has 2 unspecified atom stereocenters. The molecule has 0 aromatic heterocycles. The van der Waals surface area contributed by atoms with Crippen LogP contribution in [0.1, 0.15) is 78.6 Å². The Hall–Kier alpha value is 0.239. The molecular formula is C22H42OSn. The molecule has 24 heavy (non-hydrogen) atoms. The van der Waals surface area contributed by atoms with Crippen molar-refractivity contribution in [3.05, 3.63) is 24.3 Å². The van der Waals surface area contributed by atoms with Gasteiger partial charge in [-0.3, -0.25) is 0 Å². The molecule has 0 radical (unpaired) electrons. The molecule has 0 bridgehead atoms. The summed E-state index contributed by atoms with van der Waals surface area (Å²) >= 11 is -2.04. The third-order valence-electron chi connectivity index (χ3n) is 5.80. The minimum absolute atomic E-state index is 0.255. The first kappa shape index (κ1) is 22.3. The van der Waals surface area contributed by atoms with E-state index in [-0.39, 0.29) is 6.10 Å². The maximum atomic E-state index is 10.5. The molecule has 0 heterocycles. The molecule has 0 aromatic rings. The predicted octanol–water partition coefficient (Wildman–Crippen LogP) is 7.11. The minimum atomic E-state index is -2.04. The van der Waals surface area contributed by atoms with Gasteiger partial charge in [-0.05, 0) is 0 Å². The van der Waals surface area contributed by atoms with Gasteiger partial charge in [-0.1, -0.05) is 0 Å². The number of unbranched alkanes of at least 4 members (excludes halogenated alkanes) is 3. The van der Waals surface area contributed by atoms with Crippen LogP contribution in [0.15, 0.2) is 24.3 Å². The molecule has 2 atom stereocenters. The molecule has 0 aromatic carbocycles. The Kier molecular flexibility index (Phi) is 12.5. The topological polar surface area (TPSA) is 20.2 Å². The first-order valence-electron chi connectivity index (χ1n) is 10.7. The molecule has 1 N–H and O–H groups in total. The van der Waals surface area contributed by atoms with Gasteiger partial charge in [-0.15, -0.1) is 0 Å². The van der Waals surface area contributed by atoms with Gasteiger partial charge in [0.1, 0.15) is 0 Å². The Morgan fingerprint density at radius 3 is 2.08 bits per heavy atom. The molecule has 1 nitrogen and oxygen atoms in total. The van der Waals surface area contributed by atoms with E-state index in [9.17, 15) is 5.11 Å². The van der Waals surface area contributed by atoms with Gasteiger partial charge in [0.05, 0.1) is 0 Å². The van der Waals surface area contributed by atoms with Gasteiger partial charge in [-0.25, -0.2) is 0 Å². The normalized spacial score (nSPS) is 19.9. The predicted molar refractivity (Wildman–Crippen MR) is 111 cm³/mol. The molecule has 1 aliphatic rings. The quantitative estimate of drug-likeness (QED) is 0.239. The van der Waals surface area contributed by atoms with Crippen molar-refractivity contribution in [2.24, 2.45) is 5.92 Å². The van der Waals surface area contributed by atoms with Gasteiger partial charge in [0, 0.05) is 0 Å². The molecule has 0 fully saturated rings. The van der Waals surface area contributed by atoms with E-state index in [4.69, 9.17) is 0 Å². The average molecular weight is 441 g/mol. The van der Waals surface area contributed by atoms with Crippen LogP contribution in [0.4, 0.5) is 0 Å². The monoisotopic (exact) mass is 442 g/mol. The van der Waals surface area contributed by atoms with Crippen molar-refractivity contribution in [1.82, 2.24) is 0 Å². The molecule has 0 spiro atoms. The van der Waals surface area contributed by atoms with Crippen molar-refractivity contribution in [2.75, 3.05) is 0 Å². The number of hydrogen-bond acceptors (Lipinski definition) is 1. The number of aliphatic hydroxyl groups is 1. The maximum absolute atomic E-state index is 10.5. The molecular weight excluding hydrogens is 399 g/mol. The van der Waals surface area contributed by atoms with Crippen LogP contribution in [0.2, 0.25) is 17.7 Å². The summed E-state index contributed by atoms with van der Waals surface area (Å²) in [5.74, 6) is 0.363. The average Bonchev–Trinajstić information content (AvgIpc) is 2.63. The van der Waals surface area contributed by atoms with Gasteiger partial charge >= 0.3 is 156 Å². The standard InChI is InChI=1S/C10H15O.3C4H9.Sn/c1-2-6-10(11)9-7-4-3-5-8-9;3*1-3-4-2;/h2,4,6-7,9-11H,1,3,5,8H2;3*1,3-4H2,2H3;/b6-2+;;;;. The summed E-state index contributed by atoms with van der Waals surface area (Å²) in [6, 6.07) is 0. The second kappa shape index (κ2) is 13.4. The van der Waals surface area contributed by atoms with E-state index in [1.165, 1.54) is 55.8 Å². The van der Waals surface area contributed by atoms with Crippen LogP contribution in [0.25, 0.3) is 0 Å². The van der Waals surface area contributed by atoms with E-state index in [2.05, 4.69) is 45.1 Å². The van der Waals surface area contributed by atoms with Gasteiger partial charge in [-0.2, -0.15) is 0 Å². The van der Waals surface area contributed by atoms with Gasteiger partial charge in [0.15, 0.2) is 0 Å². The van der Waals surface area contributed by atoms with E-state index in [1.54, 1.807) is 13.3 Å². The number of aliphatic hydroxyl groups excluding tert-OH is 1. The van der Waals surface area contributed by atoms with E-state index < -0.39 is 18.4 Å². The second-order valence-corrected chi connectivity index (χ2v) is 22.0. The summed E-state index contributed by atoms with van der Waals surface area (Å²) in [6.07, 6.45) is 20.7. The van der Waals surface area contributed by atoms with Crippen molar-refractivity contribution in [3.63, 3.8) is 0 Å². The van der Waals surface area contributed by atoms with Crippen LogP contribution in [-0.2, 0) is 0 Å². The number of rotatable bonds is 13. The number of allylic oxidation sites excluding steroid dienone is 2. The third-order valence-corrected chi connectivity index (χ3v) is 21.0. The Labute approximate surface area is 155 Å². The van der Waals surface area contributed by atoms with Gasteiger partial charge in [0.2, 0.25) is 0 Å². The van der Waals surface area contributed by atoms with Crippen LogP contribution < -0.4 is 0 Å². The fourth-order valence-corrected chi connectivity index (χ4v) is 19.2. The molecule has 0 saturated carbocycles. The molecule has 0 aliphatic heterocycles. The fourth-order valence-electron chi connectivity index (χ4n) is 4.06. The molecule has 1 rings (SSSR count). The Balaban J connectivity index is 2.67. The van der Waals surface area contributed by atoms with Crippen LogP contribution in [0.5, 0.6) is 0 Å². The first-order chi connectivity index (χ1) is 11.7. The molecule has 140 valence electrons. The summed E-state index contributed by atoms with van der Waals surface area (Å²) < 4.78 is 6.06. The van der Waals surface area contributed by atoms with Crippen molar-refractivity contribution in [2.45, 2.75) is 102 Å². The van der Waals surface area contributed by atoms with Crippen molar-refractivity contribution in [1.29, 1.82) is 0 Å². The summed E-state index contributed by atoms with van der Waals surface area (Å²) in [6.45, 7) is 7.02. The molecule has 0 saturated heterocycles. The fraction of sp³-hybridized carbons (Fsp3) is 0.818. The first-order valence-corrected chi connectivity index (χ1v) is 18.8. The van der Waals surface area contributed by atoms with Crippen LogP contribution >= 0.6 is 0 Å². The van der Waals surface area contributed by atoms with E-state index >= 15 is 0 Å². The van der Waals surface area contributed by atoms with Gasteiger partial charge in [0.25, 0.3) is 0 Å². The van der Waals surface area contributed by atoms with Crippen LogP contribution in [-0.4, -0.2) is 29.6 Å². The summed E-state index contributed by atoms with van der Waals surface area (Å²) in [5.41, 5.74) is 0. The summed E-state index contributed by atoms with van der Waals surface area (Å²) in [4.78, 5) is 0. The Bertz CT molecular complexity index is 339. The van der Waals surface area contributed by atoms with Crippen molar-refractivity contribution >= 4 is 18.4 Å². The van der Waals surface area contributed by atoms with Crippen molar-refractivity contribution < 1.29 is 5.11 Å². The third kappa shape index (κ3) is 8.56. The second-order valence-electron chi connectivity index (χ2n) is 7.96.